The van der Waals surface area contributed by atoms with Crippen molar-refractivity contribution in [1.29, 1.82) is 0 Å². The molecular formula is C27H36N4O5. The predicted molar refractivity (Wildman–Crippen MR) is 137 cm³/mol. The zero-order chi connectivity index (χ0) is 25.3. The van der Waals surface area contributed by atoms with Crippen LogP contribution in [0.5, 0.6) is 11.5 Å². The molecule has 0 aromatic heterocycles. The molecule has 4 rings (SSSR count). The lowest BCUT2D eigenvalue weighted by Gasteiger charge is -2.35. The normalized spacial score (nSPS) is 16.6. The van der Waals surface area contributed by atoms with E-state index in [2.05, 4.69) is 20.9 Å². The zero-order valence-corrected chi connectivity index (χ0v) is 21.0. The molecule has 9 heteroatoms. The van der Waals surface area contributed by atoms with E-state index in [0.29, 0.717) is 44.4 Å². The number of morpholine rings is 1. The quantitative estimate of drug-likeness (QED) is 0.441. The molecule has 1 aliphatic carbocycles. The van der Waals surface area contributed by atoms with E-state index >= 15 is 0 Å². The Hall–Kier alpha value is -3.30. The number of benzene rings is 2. The topological polar surface area (TPSA) is 101 Å². The van der Waals surface area contributed by atoms with Gasteiger partial charge in [-0.1, -0.05) is 18.2 Å². The number of rotatable bonds is 11. The molecular weight excluding hydrogens is 460 g/mol. The molecule has 1 saturated carbocycles. The standard InChI is InChI=1S/C27H36N4O5/c1-3-36-24-11-8-21(16-25(24)34-2)23(31-12-14-35-15-13-31)18-29-27(33)28-17-19-4-9-22(10-5-19)30-26(32)20-6-7-20/h4-5,8-11,16,20,23H,3,6-7,12-15,17-18H2,1-2H3,(H,30,32)(H2,28,29,33)/t23-/m1/s1. The van der Waals surface area contributed by atoms with Crippen LogP contribution in [0.1, 0.15) is 36.9 Å². The SMILES string of the molecule is CCOc1ccc([C@@H](CNC(=O)NCc2ccc(NC(=O)C3CC3)cc2)N2CCOCC2)cc1OC. The summed E-state index contributed by atoms with van der Waals surface area (Å²) in [6.45, 7) is 6.22. The van der Waals surface area contributed by atoms with Gasteiger partial charge in [0.15, 0.2) is 11.5 Å². The fraction of sp³-hybridized carbons (Fsp3) is 0.481. The number of ether oxygens (including phenoxy) is 3. The molecule has 36 heavy (non-hydrogen) atoms. The lowest BCUT2D eigenvalue weighted by Crippen LogP contribution is -2.45. The molecule has 0 spiro atoms. The maximum absolute atomic E-state index is 12.6. The lowest BCUT2D eigenvalue weighted by atomic mass is 10.0. The Labute approximate surface area is 212 Å². The predicted octanol–water partition coefficient (Wildman–Crippen LogP) is 3.32. The fourth-order valence-electron chi connectivity index (χ4n) is 4.24. The van der Waals surface area contributed by atoms with Crippen LogP contribution in [0.25, 0.3) is 0 Å². The minimum Gasteiger partial charge on any atom is -0.493 e. The van der Waals surface area contributed by atoms with Gasteiger partial charge in [0.05, 0.1) is 33.0 Å². The summed E-state index contributed by atoms with van der Waals surface area (Å²) < 4.78 is 16.7. The van der Waals surface area contributed by atoms with Gasteiger partial charge in [-0.2, -0.15) is 0 Å². The highest BCUT2D eigenvalue weighted by Gasteiger charge is 2.29. The van der Waals surface area contributed by atoms with Crippen LogP contribution in [0.3, 0.4) is 0 Å². The molecule has 2 fully saturated rings. The molecule has 1 heterocycles. The van der Waals surface area contributed by atoms with Gasteiger partial charge in [0.2, 0.25) is 5.91 Å². The van der Waals surface area contributed by atoms with Gasteiger partial charge in [-0.05, 0) is 55.2 Å². The van der Waals surface area contributed by atoms with Crippen molar-refractivity contribution in [2.45, 2.75) is 32.4 Å². The van der Waals surface area contributed by atoms with E-state index in [4.69, 9.17) is 14.2 Å². The molecule has 3 amide bonds. The molecule has 0 bridgehead atoms. The molecule has 2 aromatic carbocycles. The van der Waals surface area contributed by atoms with Crippen LogP contribution in [-0.4, -0.2) is 63.4 Å². The van der Waals surface area contributed by atoms with Crippen LogP contribution in [0.4, 0.5) is 10.5 Å². The molecule has 0 radical (unpaired) electrons. The van der Waals surface area contributed by atoms with Gasteiger partial charge in [-0.3, -0.25) is 9.69 Å². The molecule has 2 aromatic rings. The second-order valence-electron chi connectivity index (χ2n) is 9.03. The summed E-state index contributed by atoms with van der Waals surface area (Å²) in [6.07, 6.45) is 1.95. The second-order valence-corrected chi connectivity index (χ2v) is 9.03. The Morgan fingerprint density at radius 3 is 2.47 bits per heavy atom. The zero-order valence-electron chi connectivity index (χ0n) is 21.0. The monoisotopic (exact) mass is 496 g/mol. The van der Waals surface area contributed by atoms with Crippen LogP contribution in [0.2, 0.25) is 0 Å². The number of nitrogens with zero attached hydrogens (tertiary/aromatic N) is 1. The third-order valence-corrected chi connectivity index (χ3v) is 6.44. The largest absolute Gasteiger partial charge is 0.493 e. The number of carbonyl (C=O) groups is 2. The van der Waals surface area contributed by atoms with Crippen molar-refractivity contribution in [1.82, 2.24) is 15.5 Å². The molecule has 1 saturated heterocycles. The third-order valence-electron chi connectivity index (χ3n) is 6.44. The smallest absolute Gasteiger partial charge is 0.315 e. The minimum absolute atomic E-state index is 0.0291. The van der Waals surface area contributed by atoms with Crippen molar-refractivity contribution in [2.24, 2.45) is 5.92 Å². The molecule has 1 atom stereocenters. The van der Waals surface area contributed by atoms with Gasteiger partial charge >= 0.3 is 6.03 Å². The van der Waals surface area contributed by atoms with E-state index < -0.39 is 0 Å². The van der Waals surface area contributed by atoms with Gasteiger partial charge in [-0.25, -0.2) is 4.79 Å². The Morgan fingerprint density at radius 2 is 1.81 bits per heavy atom. The second kappa shape index (κ2) is 12.6. The number of methoxy groups -OCH3 is 1. The van der Waals surface area contributed by atoms with Crippen molar-refractivity contribution < 1.29 is 23.8 Å². The van der Waals surface area contributed by atoms with Crippen LogP contribution in [0.15, 0.2) is 42.5 Å². The van der Waals surface area contributed by atoms with Crippen LogP contribution >= 0.6 is 0 Å². The van der Waals surface area contributed by atoms with E-state index in [1.54, 1.807) is 7.11 Å². The number of amides is 3. The Balaban J connectivity index is 1.33. The van der Waals surface area contributed by atoms with Crippen molar-refractivity contribution in [3.8, 4) is 11.5 Å². The number of hydrogen-bond donors (Lipinski definition) is 3. The molecule has 194 valence electrons. The summed E-state index contributed by atoms with van der Waals surface area (Å²) in [5.74, 6) is 1.63. The van der Waals surface area contributed by atoms with Gasteiger partial charge < -0.3 is 30.2 Å². The van der Waals surface area contributed by atoms with Crippen molar-refractivity contribution in [3.05, 3.63) is 53.6 Å². The van der Waals surface area contributed by atoms with Crippen molar-refractivity contribution >= 4 is 17.6 Å². The summed E-state index contributed by atoms with van der Waals surface area (Å²) in [7, 11) is 1.63. The van der Waals surface area contributed by atoms with Crippen LogP contribution in [-0.2, 0) is 16.1 Å². The maximum Gasteiger partial charge on any atom is 0.315 e. The van der Waals surface area contributed by atoms with Gasteiger partial charge in [0.25, 0.3) is 0 Å². The summed E-state index contributed by atoms with van der Waals surface area (Å²) in [4.78, 5) is 26.8. The van der Waals surface area contributed by atoms with Gasteiger partial charge in [0.1, 0.15) is 0 Å². The Kier molecular flexibility index (Phi) is 9.02. The average molecular weight is 497 g/mol. The summed E-state index contributed by atoms with van der Waals surface area (Å²) in [6, 6.07) is 13.2. The van der Waals surface area contributed by atoms with E-state index in [1.165, 1.54) is 0 Å². The number of hydrogen-bond acceptors (Lipinski definition) is 6. The number of anilines is 1. The molecule has 2 aliphatic rings. The van der Waals surface area contributed by atoms with E-state index in [-0.39, 0.29) is 23.9 Å². The Morgan fingerprint density at radius 1 is 1.06 bits per heavy atom. The van der Waals surface area contributed by atoms with E-state index in [9.17, 15) is 9.59 Å². The maximum atomic E-state index is 12.6. The van der Waals surface area contributed by atoms with Gasteiger partial charge in [0, 0.05) is 37.8 Å². The average Bonchev–Trinajstić information content (AvgIpc) is 3.76. The highest BCUT2D eigenvalue weighted by atomic mass is 16.5. The molecule has 1 aliphatic heterocycles. The van der Waals surface area contributed by atoms with Crippen molar-refractivity contribution in [2.75, 3.05) is 51.9 Å². The third kappa shape index (κ3) is 7.11. The number of carbonyl (C=O) groups excluding carboxylic acids is 2. The van der Waals surface area contributed by atoms with E-state index in [1.807, 2.05) is 49.4 Å². The summed E-state index contributed by atoms with van der Waals surface area (Å²) in [5, 5.41) is 8.87. The summed E-state index contributed by atoms with van der Waals surface area (Å²) >= 11 is 0. The molecule has 0 unspecified atom stereocenters. The number of nitrogens with one attached hydrogen (secondary N) is 3. The first kappa shape index (κ1) is 25.8. The van der Waals surface area contributed by atoms with E-state index in [0.717, 1.165) is 42.7 Å². The van der Waals surface area contributed by atoms with Crippen LogP contribution < -0.4 is 25.4 Å². The van der Waals surface area contributed by atoms with Crippen molar-refractivity contribution in [3.63, 3.8) is 0 Å². The Bertz CT molecular complexity index is 1020. The number of urea groups is 1. The minimum atomic E-state index is -0.239. The first-order chi connectivity index (χ1) is 17.6. The van der Waals surface area contributed by atoms with Gasteiger partial charge in [-0.15, -0.1) is 0 Å². The van der Waals surface area contributed by atoms with Crippen LogP contribution in [0, 0.1) is 5.92 Å². The lowest BCUT2D eigenvalue weighted by molar-refractivity contribution is -0.117. The first-order valence-electron chi connectivity index (χ1n) is 12.6. The summed E-state index contributed by atoms with van der Waals surface area (Å²) in [5.41, 5.74) is 2.77. The fourth-order valence-corrected chi connectivity index (χ4v) is 4.24. The molecule has 3 N–H and O–H groups in total. The first-order valence-corrected chi connectivity index (χ1v) is 12.6. The highest BCUT2D eigenvalue weighted by Crippen LogP contribution is 2.32. The molecule has 9 nitrogen and oxygen atoms in total. The highest BCUT2D eigenvalue weighted by molar-refractivity contribution is 5.94.